The van der Waals surface area contributed by atoms with E-state index < -0.39 is 6.04 Å². The third-order valence-corrected chi connectivity index (χ3v) is 1.84. The second-order valence-corrected chi connectivity index (χ2v) is 3.14. The molecule has 90 valence electrons. The molecular weight excluding hydrogens is 200 g/mol. The Kier molecular flexibility index (Phi) is 9.40. The highest BCUT2D eigenvalue weighted by molar-refractivity contribution is 5.77. The van der Waals surface area contributed by atoms with Crippen molar-refractivity contribution in [1.29, 1.82) is 0 Å². The summed E-state index contributed by atoms with van der Waals surface area (Å²) in [7, 11) is 1.61. The molecule has 0 aliphatic rings. The SMILES string of the molecule is COCCCNC(=O)CNC(CO)CO. The monoisotopic (exact) mass is 220 g/mol. The number of aliphatic hydroxyl groups is 2. The Hall–Kier alpha value is -0.690. The van der Waals surface area contributed by atoms with Gasteiger partial charge in [-0.15, -0.1) is 0 Å². The number of hydrogen-bond donors (Lipinski definition) is 4. The molecule has 1 amide bonds. The largest absolute Gasteiger partial charge is 0.395 e. The standard InChI is InChI=1S/C9H20N2O4/c1-15-4-2-3-10-9(14)5-11-8(6-12)7-13/h8,11-13H,2-7H2,1H3,(H,10,14). The van der Waals surface area contributed by atoms with Gasteiger partial charge in [0.25, 0.3) is 0 Å². The van der Waals surface area contributed by atoms with Crippen LogP contribution in [-0.2, 0) is 9.53 Å². The summed E-state index contributed by atoms with van der Waals surface area (Å²) in [5.74, 6) is -0.155. The van der Waals surface area contributed by atoms with Crippen LogP contribution in [0.25, 0.3) is 0 Å². The predicted molar refractivity (Wildman–Crippen MR) is 55.5 cm³/mol. The number of ether oxygens (including phenoxy) is 1. The first kappa shape index (κ1) is 14.3. The first-order chi connectivity index (χ1) is 7.24. The summed E-state index contributed by atoms with van der Waals surface area (Å²) in [6, 6.07) is -0.435. The van der Waals surface area contributed by atoms with Gasteiger partial charge in [-0.2, -0.15) is 0 Å². The normalized spacial score (nSPS) is 10.7. The second-order valence-electron chi connectivity index (χ2n) is 3.14. The van der Waals surface area contributed by atoms with Crippen LogP contribution >= 0.6 is 0 Å². The van der Waals surface area contributed by atoms with Crippen LogP contribution in [0.15, 0.2) is 0 Å². The highest BCUT2D eigenvalue weighted by Crippen LogP contribution is 1.80. The molecule has 6 nitrogen and oxygen atoms in total. The second kappa shape index (κ2) is 9.85. The zero-order chi connectivity index (χ0) is 11.5. The summed E-state index contributed by atoms with van der Waals surface area (Å²) in [6.07, 6.45) is 0.770. The van der Waals surface area contributed by atoms with Crippen molar-refractivity contribution >= 4 is 5.91 Å². The maximum absolute atomic E-state index is 11.2. The lowest BCUT2D eigenvalue weighted by Crippen LogP contribution is -2.42. The Morgan fingerprint density at radius 1 is 1.40 bits per heavy atom. The molecule has 0 unspecified atom stereocenters. The molecule has 4 N–H and O–H groups in total. The molecule has 0 rings (SSSR count). The minimum absolute atomic E-state index is 0.0960. The van der Waals surface area contributed by atoms with Gasteiger partial charge in [-0.25, -0.2) is 0 Å². The molecule has 6 heteroatoms. The predicted octanol–water partition coefficient (Wildman–Crippen LogP) is -1.92. The van der Waals surface area contributed by atoms with Crippen molar-refractivity contribution in [1.82, 2.24) is 10.6 Å². The van der Waals surface area contributed by atoms with Crippen LogP contribution in [0.1, 0.15) is 6.42 Å². The van der Waals surface area contributed by atoms with E-state index in [1.807, 2.05) is 0 Å². The van der Waals surface area contributed by atoms with E-state index in [0.717, 1.165) is 6.42 Å². The molecule has 0 aliphatic carbocycles. The van der Waals surface area contributed by atoms with Crippen molar-refractivity contribution in [3.05, 3.63) is 0 Å². The Morgan fingerprint density at radius 2 is 2.07 bits per heavy atom. The maximum atomic E-state index is 11.2. The van der Waals surface area contributed by atoms with E-state index in [0.29, 0.717) is 13.2 Å². The van der Waals surface area contributed by atoms with Gasteiger partial charge in [-0.1, -0.05) is 0 Å². The van der Waals surface area contributed by atoms with Crippen LogP contribution in [0.4, 0.5) is 0 Å². The van der Waals surface area contributed by atoms with Gasteiger partial charge in [-0.05, 0) is 6.42 Å². The first-order valence-electron chi connectivity index (χ1n) is 4.95. The first-order valence-corrected chi connectivity index (χ1v) is 4.95. The number of hydrogen-bond acceptors (Lipinski definition) is 5. The lowest BCUT2D eigenvalue weighted by atomic mass is 10.3. The fourth-order valence-corrected chi connectivity index (χ4v) is 0.931. The van der Waals surface area contributed by atoms with E-state index in [4.69, 9.17) is 14.9 Å². The molecule has 0 aromatic rings. The molecule has 0 aromatic carbocycles. The molecule has 0 saturated carbocycles. The lowest BCUT2D eigenvalue weighted by molar-refractivity contribution is -0.120. The number of methoxy groups -OCH3 is 1. The van der Waals surface area contributed by atoms with Crippen molar-refractivity contribution in [3.63, 3.8) is 0 Å². The van der Waals surface area contributed by atoms with Crippen LogP contribution in [0, 0.1) is 0 Å². The number of nitrogens with one attached hydrogen (secondary N) is 2. The molecule has 15 heavy (non-hydrogen) atoms. The van der Waals surface area contributed by atoms with Crippen molar-refractivity contribution in [2.24, 2.45) is 0 Å². The quantitative estimate of drug-likeness (QED) is 0.340. The van der Waals surface area contributed by atoms with Gasteiger partial charge in [0, 0.05) is 20.3 Å². The van der Waals surface area contributed by atoms with E-state index in [9.17, 15) is 4.79 Å². The zero-order valence-corrected chi connectivity index (χ0v) is 9.03. The van der Waals surface area contributed by atoms with Gasteiger partial charge in [0.1, 0.15) is 0 Å². The van der Waals surface area contributed by atoms with Crippen LogP contribution < -0.4 is 10.6 Å². The summed E-state index contributed by atoms with van der Waals surface area (Å²) in [5.41, 5.74) is 0. The number of amides is 1. The van der Waals surface area contributed by atoms with E-state index in [1.165, 1.54) is 0 Å². The number of carbonyl (C=O) groups is 1. The van der Waals surface area contributed by atoms with Crippen LogP contribution in [-0.4, -0.2) is 62.2 Å². The van der Waals surface area contributed by atoms with Gasteiger partial charge >= 0.3 is 0 Å². The molecule has 0 saturated heterocycles. The molecule has 0 aromatic heterocycles. The van der Waals surface area contributed by atoms with Crippen molar-refractivity contribution in [3.8, 4) is 0 Å². The minimum atomic E-state index is -0.435. The average Bonchev–Trinajstić information content (AvgIpc) is 2.26. The summed E-state index contributed by atoms with van der Waals surface area (Å²) >= 11 is 0. The Morgan fingerprint density at radius 3 is 2.60 bits per heavy atom. The van der Waals surface area contributed by atoms with Gasteiger partial charge in [0.2, 0.25) is 5.91 Å². The highest BCUT2D eigenvalue weighted by atomic mass is 16.5. The third kappa shape index (κ3) is 8.31. The highest BCUT2D eigenvalue weighted by Gasteiger charge is 2.06. The Bertz CT molecular complexity index is 162. The smallest absolute Gasteiger partial charge is 0.233 e. The van der Waals surface area contributed by atoms with E-state index >= 15 is 0 Å². The number of aliphatic hydroxyl groups excluding tert-OH is 2. The Labute approximate surface area is 89.6 Å². The summed E-state index contributed by atoms with van der Waals surface area (Å²) in [5, 5.41) is 22.8. The third-order valence-electron chi connectivity index (χ3n) is 1.84. The minimum Gasteiger partial charge on any atom is -0.395 e. The van der Waals surface area contributed by atoms with E-state index in [-0.39, 0.29) is 25.7 Å². The molecule has 0 fully saturated rings. The zero-order valence-electron chi connectivity index (χ0n) is 9.03. The van der Waals surface area contributed by atoms with E-state index in [1.54, 1.807) is 7.11 Å². The molecule has 0 heterocycles. The summed E-state index contributed by atoms with van der Waals surface area (Å²) < 4.78 is 4.82. The van der Waals surface area contributed by atoms with Crippen molar-refractivity contribution in [2.75, 3.05) is 40.0 Å². The number of carbonyl (C=O) groups excluding carboxylic acids is 1. The molecule has 0 aliphatic heterocycles. The van der Waals surface area contributed by atoms with Gasteiger partial charge < -0.3 is 25.6 Å². The van der Waals surface area contributed by atoms with Crippen molar-refractivity contribution in [2.45, 2.75) is 12.5 Å². The fourth-order valence-electron chi connectivity index (χ4n) is 0.931. The van der Waals surface area contributed by atoms with Gasteiger partial charge in [0.05, 0.1) is 25.8 Å². The molecule has 0 atom stereocenters. The Balaban J connectivity index is 3.40. The summed E-state index contributed by atoms with van der Waals surface area (Å²) in [6.45, 7) is 0.903. The topological polar surface area (TPSA) is 90.8 Å². The van der Waals surface area contributed by atoms with Gasteiger partial charge in [-0.3, -0.25) is 4.79 Å². The average molecular weight is 220 g/mol. The number of rotatable bonds is 9. The van der Waals surface area contributed by atoms with Crippen LogP contribution in [0.5, 0.6) is 0 Å². The summed E-state index contributed by atoms with van der Waals surface area (Å²) in [4.78, 5) is 11.2. The molecule has 0 spiro atoms. The maximum Gasteiger partial charge on any atom is 0.233 e. The molecule has 0 bridgehead atoms. The lowest BCUT2D eigenvalue weighted by Gasteiger charge is -2.12. The van der Waals surface area contributed by atoms with Crippen LogP contribution in [0.2, 0.25) is 0 Å². The molecule has 0 radical (unpaired) electrons. The van der Waals surface area contributed by atoms with Crippen LogP contribution in [0.3, 0.4) is 0 Å². The van der Waals surface area contributed by atoms with Gasteiger partial charge in [0.15, 0.2) is 0 Å². The fraction of sp³-hybridized carbons (Fsp3) is 0.889. The van der Waals surface area contributed by atoms with Crippen molar-refractivity contribution < 1.29 is 19.7 Å². The van der Waals surface area contributed by atoms with E-state index in [2.05, 4.69) is 10.6 Å². The molecular formula is C9H20N2O4.